The van der Waals surface area contributed by atoms with Crippen molar-refractivity contribution in [1.82, 2.24) is 0 Å². The first-order valence-corrected chi connectivity index (χ1v) is 8.89. The summed E-state index contributed by atoms with van der Waals surface area (Å²) in [6, 6.07) is 1.99. The van der Waals surface area contributed by atoms with Crippen LogP contribution in [0.3, 0.4) is 0 Å². The average molecular weight is 328 g/mol. The van der Waals surface area contributed by atoms with E-state index in [4.69, 9.17) is 9.15 Å². The molecule has 2 heterocycles. The Morgan fingerprint density at radius 2 is 2.17 bits per heavy atom. The van der Waals surface area contributed by atoms with Gasteiger partial charge < -0.3 is 9.15 Å². The summed E-state index contributed by atoms with van der Waals surface area (Å²) in [4.78, 5) is 25.1. The maximum atomic E-state index is 12.8. The van der Waals surface area contributed by atoms with E-state index in [0.717, 1.165) is 31.3 Å². The Morgan fingerprint density at radius 3 is 2.92 bits per heavy atom. The number of aryl methyl sites for hydroxylation is 1. The van der Waals surface area contributed by atoms with Gasteiger partial charge in [0.1, 0.15) is 0 Å². The van der Waals surface area contributed by atoms with Crippen molar-refractivity contribution in [3.05, 3.63) is 35.8 Å². The molecule has 0 amide bonds. The molecule has 4 rings (SSSR count). The van der Waals surface area contributed by atoms with E-state index in [1.807, 2.05) is 13.0 Å². The number of hydrogen-bond donors (Lipinski definition) is 0. The van der Waals surface area contributed by atoms with Gasteiger partial charge in [-0.05, 0) is 62.1 Å². The molecule has 128 valence electrons. The number of carbonyl (C=O) groups excluding carboxylic acids is 2. The lowest BCUT2D eigenvalue weighted by Gasteiger charge is -2.61. The number of furan rings is 1. The van der Waals surface area contributed by atoms with E-state index in [1.165, 1.54) is 5.56 Å². The highest BCUT2D eigenvalue weighted by Gasteiger charge is 2.65. The molecule has 1 aliphatic heterocycles. The van der Waals surface area contributed by atoms with Gasteiger partial charge in [0, 0.05) is 11.8 Å². The fourth-order valence-corrected chi connectivity index (χ4v) is 5.50. The van der Waals surface area contributed by atoms with Crippen molar-refractivity contribution < 1.29 is 18.7 Å². The van der Waals surface area contributed by atoms with Crippen LogP contribution in [-0.2, 0) is 20.7 Å². The molecule has 1 aromatic heterocycles. The van der Waals surface area contributed by atoms with E-state index < -0.39 is 5.41 Å². The van der Waals surface area contributed by atoms with E-state index in [1.54, 1.807) is 18.6 Å². The normalized spacial score (nSPS) is 38.3. The van der Waals surface area contributed by atoms with Gasteiger partial charge in [0.2, 0.25) is 0 Å². The third kappa shape index (κ3) is 1.98. The van der Waals surface area contributed by atoms with Gasteiger partial charge in [-0.3, -0.25) is 9.59 Å². The van der Waals surface area contributed by atoms with Crippen LogP contribution in [0.2, 0.25) is 0 Å². The third-order valence-corrected chi connectivity index (χ3v) is 7.02. The average Bonchev–Trinajstić information content (AvgIpc) is 3.06. The summed E-state index contributed by atoms with van der Waals surface area (Å²) in [5.41, 5.74) is 1.39. The minimum Gasteiger partial charge on any atom is -0.472 e. The smallest absolute Gasteiger partial charge is 0.316 e. The molecule has 24 heavy (non-hydrogen) atoms. The number of ketones is 1. The first kappa shape index (κ1) is 15.7. The van der Waals surface area contributed by atoms with Crippen LogP contribution < -0.4 is 0 Å². The molecule has 0 aromatic carbocycles. The largest absolute Gasteiger partial charge is 0.472 e. The van der Waals surface area contributed by atoms with Crippen LogP contribution in [0.25, 0.3) is 0 Å². The topological polar surface area (TPSA) is 56.5 Å². The van der Waals surface area contributed by atoms with Gasteiger partial charge in [0.15, 0.2) is 5.78 Å². The Kier molecular flexibility index (Phi) is 3.48. The van der Waals surface area contributed by atoms with Crippen LogP contribution in [0.15, 0.2) is 34.7 Å². The third-order valence-electron chi connectivity index (χ3n) is 7.02. The summed E-state index contributed by atoms with van der Waals surface area (Å²) >= 11 is 0. The van der Waals surface area contributed by atoms with Gasteiger partial charge >= 0.3 is 5.97 Å². The first-order chi connectivity index (χ1) is 11.5. The van der Waals surface area contributed by atoms with Gasteiger partial charge in [-0.1, -0.05) is 12.5 Å². The van der Waals surface area contributed by atoms with Crippen LogP contribution >= 0.6 is 0 Å². The molecule has 1 saturated heterocycles. The molecule has 0 spiro atoms. The minimum absolute atomic E-state index is 0.0689. The number of cyclic esters (lactones) is 1. The molecule has 4 atom stereocenters. The van der Waals surface area contributed by atoms with Crippen LogP contribution in [0, 0.1) is 22.7 Å². The van der Waals surface area contributed by atoms with Crippen molar-refractivity contribution in [2.24, 2.45) is 22.7 Å². The zero-order valence-corrected chi connectivity index (χ0v) is 14.3. The minimum atomic E-state index is -0.574. The summed E-state index contributed by atoms with van der Waals surface area (Å²) in [7, 11) is 0. The van der Waals surface area contributed by atoms with Crippen LogP contribution in [0.1, 0.15) is 45.1 Å². The van der Waals surface area contributed by atoms with Crippen molar-refractivity contribution in [3.8, 4) is 0 Å². The maximum absolute atomic E-state index is 12.8. The van der Waals surface area contributed by atoms with Crippen LogP contribution in [-0.4, -0.2) is 18.4 Å². The number of hydrogen-bond acceptors (Lipinski definition) is 4. The fourth-order valence-electron chi connectivity index (χ4n) is 5.50. The Morgan fingerprint density at radius 1 is 1.33 bits per heavy atom. The van der Waals surface area contributed by atoms with Crippen LogP contribution in [0.5, 0.6) is 0 Å². The first-order valence-electron chi connectivity index (χ1n) is 8.89. The van der Waals surface area contributed by atoms with E-state index in [9.17, 15) is 9.59 Å². The summed E-state index contributed by atoms with van der Waals surface area (Å²) < 4.78 is 10.9. The molecule has 0 N–H and O–H groups in total. The molecule has 2 aliphatic carbocycles. The molecule has 1 aromatic rings. The molecule has 0 radical (unpaired) electrons. The van der Waals surface area contributed by atoms with E-state index >= 15 is 0 Å². The highest BCUT2D eigenvalue weighted by Crippen LogP contribution is 2.64. The molecule has 0 unspecified atom stereocenters. The van der Waals surface area contributed by atoms with Crippen molar-refractivity contribution in [2.45, 2.75) is 46.0 Å². The molecular formula is C20H24O4. The van der Waals surface area contributed by atoms with E-state index in [2.05, 4.69) is 6.92 Å². The van der Waals surface area contributed by atoms with E-state index in [0.29, 0.717) is 18.9 Å². The lowest BCUT2D eigenvalue weighted by Crippen LogP contribution is -2.62. The van der Waals surface area contributed by atoms with Gasteiger partial charge in [-0.2, -0.15) is 0 Å². The highest BCUT2D eigenvalue weighted by atomic mass is 16.5. The summed E-state index contributed by atoms with van der Waals surface area (Å²) in [5, 5.41) is 0. The number of carbonyl (C=O) groups is 2. The monoisotopic (exact) mass is 328 g/mol. The standard InChI is InChI=1S/C20H24O4/c1-13-3-7-20-14(2)9-16(21)10-17(20)19(13,12-24-18(20)22)6-4-15-5-8-23-11-15/h5,8-9,11,13,17H,3-4,6-7,10,12H2,1-2H3/t13-,17-,19+,20-/m1/s1. The predicted molar refractivity (Wildman–Crippen MR) is 88.1 cm³/mol. The summed E-state index contributed by atoms with van der Waals surface area (Å²) in [6.45, 7) is 4.64. The second-order valence-electron chi connectivity index (χ2n) is 7.90. The molecule has 2 bridgehead atoms. The van der Waals surface area contributed by atoms with Gasteiger partial charge in [-0.25, -0.2) is 0 Å². The molecule has 3 aliphatic rings. The predicted octanol–water partition coefficient (Wildman–Crippen LogP) is 3.71. The van der Waals surface area contributed by atoms with E-state index in [-0.39, 0.29) is 23.1 Å². The number of ether oxygens (including phenoxy) is 1. The second-order valence-corrected chi connectivity index (χ2v) is 7.90. The highest BCUT2D eigenvalue weighted by molar-refractivity contribution is 5.96. The SMILES string of the molecule is CC1=CC(=O)C[C@H]2[C@@]13CC[C@@H](C)[C@]2(CCc1ccoc1)COC3=O. The van der Waals surface area contributed by atoms with Crippen LogP contribution in [0.4, 0.5) is 0 Å². The number of esters is 1. The Balaban J connectivity index is 1.75. The quantitative estimate of drug-likeness (QED) is 0.794. The molecule has 4 heteroatoms. The maximum Gasteiger partial charge on any atom is 0.316 e. The van der Waals surface area contributed by atoms with Crippen molar-refractivity contribution in [3.63, 3.8) is 0 Å². The Hall–Kier alpha value is -1.84. The summed E-state index contributed by atoms with van der Waals surface area (Å²) in [6.07, 6.45) is 9.26. The second kappa shape index (κ2) is 5.33. The molecular weight excluding hydrogens is 304 g/mol. The summed E-state index contributed by atoms with van der Waals surface area (Å²) in [5.74, 6) is 0.554. The number of allylic oxidation sites excluding steroid dienone is 1. The van der Waals surface area contributed by atoms with Gasteiger partial charge in [-0.15, -0.1) is 0 Å². The molecule has 4 nitrogen and oxygen atoms in total. The Bertz CT molecular complexity index is 701. The molecule has 2 fully saturated rings. The zero-order chi connectivity index (χ0) is 16.9. The zero-order valence-electron chi connectivity index (χ0n) is 14.3. The number of rotatable bonds is 3. The van der Waals surface area contributed by atoms with Crippen molar-refractivity contribution in [2.75, 3.05) is 6.61 Å². The lowest BCUT2D eigenvalue weighted by molar-refractivity contribution is -0.203. The van der Waals surface area contributed by atoms with Gasteiger partial charge in [0.25, 0.3) is 0 Å². The Labute approximate surface area is 142 Å². The van der Waals surface area contributed by atoms with Crippen molar-refractivity contribution in [1.29, 1.82) is 0 Å². The molecule has 1 saturated carbocycles. The van der Waals surface area contributed by atoms with Gasteiger partial charge in [0.05, 0.1) is 24.5 Å². The lowest BCUT2D eigenvalue weighted by atomic mass is 9.44. The van der Waals surface area contributed by atoms with Crippen molar-refractivity contribution >= 4 is 11.8 Å². The fraction of sp³-hybridized carbons (Fsp3) is 0.600.